The summed E-state index contributed by atoms with van der Waals surface area (Å²) in [5, 5.41) is 1.17. The SMILES string of the molecule is Nc1cnc2ccc(Br)cc2c1N(CC1CC1)C1CC1. The van der Waals surface area contributed by atoms with Crippen molar-refractivity contribution in [1.82, 2.24) is 4.98 Å². The maximum atomic E-state index is 6.28. The predicted molar refractivity (Wildman–Crippen MR) is 86.9 cm³/mol. The van der Waals surface area contributed by atoms with Gasteiger partial charge in [0.2, 0.25) is 0 Å². The predicted octanol–water partition coefficient (Wildman–Crippen LogP) is 3.96. The van der Waals surface area contributed by atoms with Crippen molar-refractivity contribution in [2.45, 2.75) is 31.7 Å². The summed E-state index contributed by atoms with van der Waals surface area (Å²) in [7, 11) is 0. The maximum absolute atomic E-state index is 6.28. The molecule has 2 aromatic rings. The molecule has 2 aliphatic rings. The number of hydrogen-bond acceptors (Lipinski definition) is 3. The van der Waals surface area contributed by atoms with Crippen LogP contribution in [0.25, 0.3) is 10.9 Å². The Labute approximate surface area is 127 Å². The molecule has 4 rings (SSSR count). The summed E-state index contributed by atoms with van der Waals surface area (Å²) in [5.74, 6) is 0.866. The molecule has 2 saturated carbocycles. The normalized spacial score (nSPS) is 18.4. The van der Waals surface area contributed by atoms with Gasteiger partial charge in [0.15, 0.2) is 0 Å². The molecule has 0 aliphatic heterocycles. The van der Waals surface area contributed by atoms with Crippen molar-refractivity contribution in [3.63, 3.8) is 0 Å². The van der Waals surface area contributed by atoms with Gasteiger partial charge in [-0.15, -0.1) is 0 Å². The molecule has 0 atom stereocenters. The zero-order valence-corrected chi connectivity index (χ0v) is 12.9. The lowest BCUT2D eigenvalue weighted by atomic mass is 10.1. The minimum atomic E-state index is 0.683. The highest BCUT2D eigenvalue weighted by atomic mass is 79.9. The van der Waals surface area contributed by atoms with E-state index in [2.05, 4.69) is 37.9 Å². The Morgan fingerprint density at radius 3 is 2.75 bits per heavy atom. The van der Waals surface area contributed by atoms with Crippen LogP contribution < -0.4 is 10.6 Å². The van der Waals surface area contributed by atoms with Crippen LogP contribution in [0.4, 0.5) is 11.4 Å². The molecule has 4 heteroatoms. The summed E-state index contributed by atoms with van der Waals surface area (Å²) in [6.07, 6.45) is 7.15. The van der Waals surface area contributed by atoms with Crippen molar-refractivity contribution in [2.75, 3.05) is 17.2 Å². The van der Waals surface area contributed by atoms with Crippen LogP contribution in [0.5, 0.6) is 0 Å². The molecule has 0 amide bonds. The Kier molecular flexibility index (Phi) is 2.88. The Morgan fingerprint density at radius 1 is 1.25 bits per heavy atom. The molecule has 2 fully saturated rings. The van der Waals surface area contributed by atoms with Gasteiger partial charge in [0.1, 0.15) is 0 Å². The Bertz CT molecular complexity index is 657. The van der Waals surface area contributed by atoms with Crippen LogP contribution in [0.2, 0.25) is 0 Å². The Hall–Kier alpha value is -1.29. The third-order valence-electron chi connectivity index (χ3n) is 4.26. The first-order valence-electron chi connectivity index (χ1n) is 7.33. The molecule has 20 heavy (non-hydrogen) atoms. The largest absolute Gasteiger partial charge is 0.396 e. The first-order chi connectivity index (χ1) is 9.72. The topological polar surface area (TPSA) is 42.1 Å². The van der Waals surface area contributed by atoms with Crippen molar-refractivity contribution in [3.05, 3.63) is 28.9 Å². The fraction of sp³-hybridized carbons (Fsp3) is 0.438. The van der Waals surface area contributed by atoms with Crippen molar-refractivity contribution in [3.8, 4) is 0 Å². The smallest absolute Gasteiger partial charge is 0.0745 e. The quantitative estimate of drug-likeness (QED) is 0.921. The minimum absolute atomic E-state index is 0.683. The average Bonchev–Trinajstić information content (AvgIpc) is 3.29. The van der Waals surface area contributed by atoms with E-state index in [-0.39, 0.29) is 0 Å². The van der Waals surface area contributed by atoms with E-state index in [1.807, 2.05) is 12.3 Å². The molecular formula is C16H18BrN3. The summed E-state index contributed by atoms with van der Waals surface area (Å²) in [5.41, 5.74) is 9.31. The van der Waals surface area contributed by atoms with Gasteiger partial charge in [0.25, 0.3) is 0 Å². The van der Waals surface area contributed by atoms with Gasteiger partial charge in [-0.1, -0.05) is 15.9 Å². The summed E-state index contributed by atoms with van der Waals surface area (Å²) in [4.78, 5) is 7.01. The lowest BCUT2D eigenvalue weighted by Crippen LogP contribution is -2.29. The summed E-state index contributed by atoms with van der Waals surface area (Å²) in [6, 6.07) is 6.93. The number of pyridine rings is 1. The summed E-state index contributed by atoms with van der Waals surface area (Å²) >= 11 is 3.57. The monoisotopic (exact) mass is 331 g/mol. The van der Waals surface area contributed by atoms with Crippen LogP contribution in [0.15, 0.2) is 28.9 Å². The number of halogens is 1. The molecule has 104 valence electrons. The molecule has 0 unspecified atom stereocenters. The number of nitrogens with zero attached hydrogens (tertiary/aromatic N) is 2. The van der Waals surface area contributed by atoms with Crippen molar-refractivity contribution in [1.29, 1.82) is 0 Å². The lowest BCUT2D eigenvalue weighted by molar-refractivity contribution is 0.722. The van der Waals surface area contributed by atoms with E-state index < -0.39 is 0 Å². The number of benzene rings is 1. The van der Waals surface area contributed by atoms with E-state index in [1.165, 1.54) is 36.8 Å². The fourth-order valence-corrected chi connectivity index (χ4v) is 3.24. The van der Waals surface area contributed by atoms with Gasteiger partial charge in [-0.3, -0.25) is 4.98 Å². The number of aromatic nitrogens is 1. The minimum Gasteiger partial charge on any atom is -0.396 e. The molecule has 1 aromatic carbocycles. The standard InChI is InChI=1S/C16H18BrN3/c17-11-3-6-15-13(7-11)16(14(18)8-19-15)20(12-4-5-12)9-10-1-2-10/h3,6-8,10,12H,1-2,4-5,9,18H2. The van der Waals surface area contributed by atoms with E-state index in [1.54, 1.807) is 0 Å². The highest BCUT2D eigenvalue weighted by molar-refractivity contribution is 9.10. The van der Waals surface area contributed by atoms with Crippen LogP contribution in [-0.4, -0.2) is 17.6 Å². The van der Waals surface area contributed by atoms with Gasteiger partial charge in [-0.25, -0.2) is 0 Å². The molecule has 1 heterocycles. The van der Waals surface area contributed by atoms with E-state index in [9.17, 15) is 0 Å². The van der Waals surface area contributed by atoms with E-state index >= 15 is 0 Å². The third-order valence-corrected chi connectivity index (χ3v) is 4.75. The number of nitrogen functional groups attached to an aromatic ring is 1. The number of nitrogens with two attached hydrogens (primary N) is 1. The highest BCUT2D eigenvalue weighted by Crippen LogP contribution is 2.42. The van der Waals surface area contributed by atoms with Gasteiger partial charge < -0.3 is 10.6 Å². The second-order valence-electron chi connectivity index (χ2n) is 6.05. The van der Waals surface area contributed by atoms with Gasteiger partial charge in [0, 0.05) is 22.4 Å². The Morgan fingerprint density at radius 2 is 2.05 bits per heavy atom. The molecule has 0 saturated heterocycles. The van der Waals surface area contributed by atoms with Crippen LogP contribution >= 0.6 is 15.9 Å². The molecular weight excluding hydrogens is 314 g/mol. The van der Waals surface area contributed by atoms with Gasteiger partial charge in [0.05, 0.1) is 23.1 Å². The first kappa shape index (κ1) is 12.5. The third kappa shape index (κ3) is 2.26. The number of hydrogen-bond donors (Lipinski definition) is 1. The van der Waals surface area contributed by atoms with Gasteiger partial charge in [-0.05, 0) is 49.8 Å². The van der Waals surface area contributed by atoms with Gasteiger partial charge >= 0.3 is 0 Å². The summed E-state index contributed by atoms with van der Waals surface area (Å²) in [6.45, 7) is 1.15. The van der Waals surface area contributed by atoms with Crippen LogP contribution in [0.1, 0.15) is 25.7 Å². The molecule has 0 spiro atoms. The molecule has 1 aromatic heterocycles. The molecule has 3 nitrogen and oxygen atoms in total. The molecule has 0 radical (unpaired) electrons. The number of rotatable bonds is 4. The number of anilines is 2. The fourth-order valence-electron chi connectivity index (χ4n) is 2.87. The maximum Gasteiger partial charge on any atom is 0.0745 e. The van der Waals surface area contributed by atoms with Crippen molar-refractivity contribution < 1.29 is 0 Å². The first-order valence-corrected chi connectivity index (χ1v) is 8.12. The number of fused-ring (bicyclic) bond motifs is 1. The van der Waals surface area contributed by atoms with Crippen molar-refractivity contribution in [2.24, 2.45) is 5.92 Å². The lowest BCUT2D eigenvalue weighted by Gasteiger charge is -2.27. The zero-order chi connectivity index (χ0) is 13.7. The van der Waals surface area contributed by atoms with Crippen LogP contribution in [-0.2, 0) is 0 Å². The van der Waals surface area contributed by atoms with Crippen LogP contribution in [0.3, 0.4) is 0 Å². The molecule has 0 bridgehead atoms. The highest BCUT2D eigenvalue weighted by Gasteiger charge is 2.35. The molecule has 2 aliphatic carbocycles. The summed E-state index contributed by atoms with van der Waals surface area (Å²) < 4.78 is 1.08. The van der Waals surface area contributed by atoms with E-state index in [4.69, 9.17) is 5.73 Å². The van der Waals surface area contributed by atoms with Gasteiger partial charge in [-0.2, -0.15) is 0 Å². The van der Waals surface area contributed by atoms with E-state index in [0.717, 1.165) is 28.1 Å². The van der Waals surface area contributed by atoms with E-state index in [0.29, 0.717) is 6.04 Å². The average molecular weight is 332 g/mol. The van der Waals surface area contributed by atoms with Crippen molar-refractivity contribution >= 4 is 38.2 Å². The Balaban J connectivity index is 1.86. The second-order valence-corrected chi connectivity index (χ2v) is 6.97. The second kappa shape index (κ2) is 4.62. The van der Waals surface area contributed by atoms with Crippen LogP contribution in [0, 0.1) is 5.92 Å². The zero-order valence-electron chi connectivity index (χ0n) is 11.3. The molecule has 2 N–H and O–H groups in total.